The summed E-state index contributed by atoms with van der Waals surface area (Å²) < 4.78 is 0. The highest BCUT2D eigenvalue weighted by Crippen LogP contribution is 2.17. The predicted molar refractivity (Wildman–Crippen MR) is 77.6 cm³/mol. The van der Waals surface area contributed by atoms with E-state index in [1.54, 1.807) is 6.20 Å². The summed E-state index contributed by atoms with van der Waals surface area (Å²) in [6.07, 6.45) is 2.49. The van der Waals surface area contributed by atoms with Gasteiger partial charge in [-0.2, -0.15) is 0 Å². The lowest BCUT2D eigenvalue weighted by Gasteiger charge is -2.08. The van der Waals surface area contributed by atoms with Gasteiger partial charge in [0.2, 0.25) is 5.78 Å². The molecule has 0 amide bonds. The zero-order valence-corrected chi connectivity index (χ0v) is 11.7. The summed E-state index contributed by atoms with van der Waals surface area (Å²) >= 11 is 0. The molecule has 0 spiro atoms. The second kappa shape index (κ2) is 5.79. The lowest BCUT2D eigenvalue weighted by molar-refractivity contribution is 0.103. The third kappa shape index (κ3) is 2.90. The van der Waals surface area contributed by atoms with Gasteiger partial charge in [-0.3, -0.25) is 9.78 Å². The first-order valence-corrected chi connectivity index (χ1v) is 6.72. The summed E-state index contributed by atoms with van der Waals surface area (Å²) in [6, 6.07) is 11.7. The summed E-state index contributed by atoms with van der Waals surface area (Å²) in [6.45, 7) is 6.32. The Labute approximate surface area is 114 Å². The normalized spacial score (nSPS) is 10.7. The van der Waals surface area contributed by atoms with Crippen molar-refractivity contribution in [2.45, 2.75) is 33.1 Å². The predicted octanol–water partition coefficient (Wildman–Crippen LogP) is 4.00. The van der Waals surface area contributed by atoms with Crippen LogP contribution in [0.15, 0.2) is 42.6 Å². The minimum Gasteiger partial charge on any atom is -0.287 e. The summed E-state index contributed by atoms with van der Waals surface area (Å²) in [7, 11) is 0. The number of pyridine rings is 1. The Hall–Kier alpha value is -1.96. The number of benzene rings is 1. The second-order valence-corrected chi connectivity index (χ2v) is 4.97. The highest BCUT2D eigenvalue weighted by molar-refractivity contribution is 6.08. The van der Waals surface area contributed by atoms with E-state index in [1.165, 1.54) is 5.56 Å². The first-order valence-electron chi connectivity index (χ1n) is 6.72. The average molecular weight is 253 g/mol. The fraction of sp³-hybridized carbons (Fsp3) is 0.294. The Morgan fingerprint density at radius 3 is 2.42 bits per heavy atom. The van der Waals surface area contributed by atoms with Gasteiger partial charge in [-0.15, -0.1) is 0 Å². The number of carbonyl (C=O) groups excluding carboxylic acids is 1. The molecule has 0 aliphatic rings. The van der Waals surface area contributed by atoms with E-state index in [-0.39, 0.29) is 5.78 Å². The van der Waals surface area contributed by atoms with Crippen LogP contribution in [0.5, 0.6) is 0 Å². The monoisotopic (exact) mass is 253 g/mol. The largest absolute Gasteiger partial charge is 0.287 e. The molecule has 0 fully saturated rings. The number of ketones is 1. The quantitative estimate of drug-likeness (QED) is 0.771. The molecule has 0 aliphatic carbocycles. The van der Waals surface area contributed by atoms with E-state index in [0.717, 1.165) is 12.0 Å². The highest BCUT2D eigenvalue weighted by Gasteiger charge is 2.14. The van der Waals surface area contributed by atoms with Gasteiger partial charge in [-0.1, -0.05) is 51.1 Å². The molecule has 0 atom stereocenters. The number of nitrogens with zero attached hydrogens (tertiary/aromatic N) is 1. The van der Waals surface area contributed by atoms with Crippen molar-refractivity contribution in [3.63, 3.8) is 0 Å². The topological polar surface area (TPSA) is 30.0 Å². The van der Waals surface area contributed by atoms with Crippen LogP contribution in [0.4, 0.5) is 0 Å². The van der Waals surface area contributed by atoms with Crippen LogP contribution >= 0.6 is 0 Å². The summed E-state index contributed by atoms with van der Waals surface area (Å²) in [4.78, 5) is 16.7. The van der Waals surface area contributed by atoms with E-state index in [9.17, 15) is 4.79 Å². The van der Waals surface area contributed by atoms with Gasteiger partial charge in [0, 0.05) is 11.8 Å². The SMILES string of the molecule is CCc1cccnc1C(=O)c1ccc(C(C)C)cc1. The van der Waals surface area contributed by atoms with Gasteiger partial charge < -0.3 is 0 Å². The van der Waals surface area contributed by atoms with E-state index in [0.29, 0.717) is 17.2 Å². The van der Waals surface area contributed by atoms with Crippen molar-refractivity contribution in [1.82, 2.24) is 4.98 Å². The molecular weight excluding hydrogens is 234 g/mol. The third-order valence-corrected chi connectivity index (χ3v) is 3.33. The van der Waals surface area contributed by atoms with Crippen LogP contribution in [0, 0.1) is 0 Å². The Bertz CT molecular complexity index is 570. The van der Waals surface area contributed by atoms with E-state index in [1.807, 2.05) is 43.3 Å². The molecule has 19 heavy (non-hydrogen) atoms. The summed E-state index contributed by atoms with van der Waals surface area (Å²) in [5.74, 6) is 0.484. The molecule has 2 aromatic rings. The molecule has 0 bridgehead atoms. The first kappa shape index (κ1) is 13.5. The van der Waals surface area contributed by atoms with Crippen LogP contribution in [0.3, 0.4) is 0 Å². The van der Waals surface area contributed by atoms with Gasteiger partial charge in [-0.05, 0) is 29.5 Å². The number of rotatable bonds is 4. The van der Waals surface area contributed by atoms with Crippen molar-refractivity contribution >= 4 is 5.78 Å². The zero-order chi connectivity index (χ0) is 13.8. The summed E-state index contributed by atoms with van der Waals surface area (Å²) in [5.41, 5.74) is 3.52. The minimum atomic E-state index is 0.00718. The molecule has 0 aliphatic heterocycles. The third-order valence-electron chi connectivity index (χ3n) is 3.33. The molecule has 0 N–H and O–H groups in total. The smallest absolute Gasteiger partial charge is 0.211 e. The summed E-state index contributed by atoms with van der Waals surface area (Å²) in [5, 5.41) is 0. The maximum Gasteiger partial charge on any atom is 0.211 e. The minimum absolute atomic E-state index is 0.00718. The molecule has 0 unspecified atom stereocenters. The zero-order valence-electron chi connectivity index (χ0n) is 11.7. The first-order chi connectivity index (χ1) is 9.13. The van der Waals surface area contributed by atoms with Crippen molar-refractivity contribution < 1.29 is 4.79 Å². The van der Waals surface area contributed by atoms with Gasteiger partial charge >= 0.3 is 0 Å². The molecule has 0 saturated heterocycles. The van der Waals surface area contributed by atoms with E-state index in [2.05, 4.69) is 18.8 Å². The maximum absolute atomic E-state index is 12.4. The van der Waals surface area contributed by atoms with Crippen molar-refractivity contribution in [3.8, 4) is 0 Å². The van der Waals surface area contributed by atoms with Gasteiger partial charge in [0.05, 0.1) is 0 Å². The number of hydrogen-bond acceptors (Lipinski definition) is 2. The van der Waals surface area contributed by atoms with E-state index < -0.39 is 0 Å². The number of aromatic nitrogens is 1. The standard InChI is InChI=1S/C17H19NO/c1-4-13-6-5-11-18-16(13)17(19)15-9-7-14(8-10-15)12(2)3/h5-12H,4H2,1-3H3. The van der Waals surface area contributed by atoms with Crippen LogP contribution in [-0.4, -0.2) is 10.8 Å². The van der Waals surface area contributed by atoms with Crippen molar-refractivity contribution in [2.24, 2.45) is 0 Å². The van der Waals surface area contributed by atoms with Crippen LogP contribution in [0.1, 0.15) is 53.9 Å². The van der Waals surface area contributed by atoms with Crippen LogP contribution in [0.25, 0.3) is 0 Å². The average Bonchev–Trinajstić information content (AvgIpc) is 2.46. The molecular formula is C17H19NO. The molecule has 2 rings (SSSR count). The Morgan fingerprint density at radius 1 is 1.16 bits per heavy atom. The second-order valence-electron chi connectivity index (χ2n) is 4.97. The lowest BCUT2D eigenvalue weighted by atomic mass is 9.98. The molecule has 0 saturated carbocycles. The maximum atomic E-state index is 12.4. The Morgan fingerprint density at radius 2 is 1.84 bits per heavy atom. The van der Waals surface area contributed by atoms with Gasteiger partial charge in [0.25, 0.3) is 0 Å². The molecule has 1 aromatic carbocycles. The molecule has 98 valence electrons. The molecule has 1 heterocycles. The van der Waals surface area contributed by atoms with Gasteiger partial charge in [0.1, 0.15) is 5.69 Å². The Balaban J connectivity index is 2.33. The molecule has 2 nitrogen and oxygen atoms in total. The Kier molecular flexibility index (Phi) is 4.10. The number of hydrogen-bond donors (Lipinski definition) is 0. The van der Waals surface area contributed by atoms with Crippen molar-refractivity contribution in [2.75, 3.05) is 0 Å². The fourth-order valence-electron chi connectivity index (χ4n) is 2.08. The molecule has 1 aromatic heterocycles. The fourth-order valence-corrected chi connectivity index (χ4v) is 2.08. The van der Waals surface area contributed by atoms with E-state index >= 15 is 0 Å². The lowest BCUT2D eigenvalue weighted by Crippen LogP contribution is -2.07. The number of carbonyl (C=O) groups is 1. The van der Waals surface area contributed by atoms with Crippen molar-refractivity contribution in [1.29, 1.82) is 0 Å². The van der Waals surface area contributed by atoms with Crippen LogP contribution in [-0.2, 0) is 6.42 Å². The van der Waals surface area contributed by atoms with Crippen LogP contribution in [0.2, 0.25) is 0 Å². The van der Waals surface area contributed by atoms with Crippen molar-refractivity contribution in [3.05, 3.63) is 65.0 Å². The number of aryl methyl sites for hydroxylation is 1. The van der Waals surface area contributed by atoms with Crippen LogP contribution < -0.4 is 0 Å². The van der Waals surface area contributed by atoms with Gasteiger partial charge in [-0.25, -0.2) is 0 Å². The molecule has 0 radical (unpaired) electrons. The van der Waals surface area contributed by atoms with Gasteiger partial charge in [0.15, 0.2) is 0 Å². The molecule has 2 heteroatoms. The highest BCUT2D eigenvalue weighted by atomic mass is 16.1. The van der Waals surface area contributed by atoms with E-state index in [4.69, 9.17) is 0 Å².